The summed E-state index contributed by atoms with van der Waals surface area (Å²) in [5, 5.41) is 8.73. The average Bonchev–Trinajstić information content (AvgIpc) is 2.78. The molecule has 80 valence electrons. The summed E-state index contributed by atoms with van der Waals surface area (Å²) in [7, 11) is 0. The predicted molar refractivity (Wildman–Crippen MR) is 62.8 cm³/mol. The molecule has 0 radical (unpaired) electrons. The van der Waals surface area contributed by atoms with Crippen LogP contribution in [0.4, 0.5) is 0 Å². The molecule has 0 N–H and O–H groups in total. The maximum Gasteiger partial charge on any atom is 0.0991 e. The Hall–Kier alpha value is -2.08. The first-order chi connectivity index (χ1) is 7.72. The van der Waals surface area contributed by atoms with E-state index in [4.69, 9.17) is 5.26 Å². The normalized spacial score (nSPS) is 10.4. The number of aromatic nitrogens is 2. The van der Waals surface area contributed by atoms with Gasteiger partial charge in [0, 0.05) is 6.04 Å². The summed E-state index contributed by atoms with van der Waals surface area (Å²) in [6.45, 7) is 4.24. The van der Waals surface area contributed by atoms with Crippen LogP contribution in [0, 0.1) is 11.3 Å². The van der Waals surface area contributed by atoms with Crippen LogP contribution >= 0.6 is 0 Å². The largest absolute Gasteiger partial charge is 0.328 e. The van der Waals surface area contributed by atoms with Gasteiger partial charge in [-0.3, -0.25) is 0 Å². The molecule has 16 heavy (non-hydrogen) atoms. The lowest BCUT2D eigenvalue weighted by molar-refractivity contribution is 0.605. The zero-order valence-electron chi connectivity index (χ0n) is 9.38. The van der Waals surface area contributed by atoms with Crippen molar-refractivity contribution in [1.29, 1.82) is 5.26 Å². The second-order valence-electron chi connectivity index (χ2n) is 3.97. The van der Waals surface area contributed by atoms with Crippen molar-refractivity contribution in [2.75, 3.05) is 0 Å². The van der Waals surface area contributed by atoms with Crippen LogP contribution in [-0.2, 0) is 0 Å². The Morgan fingerprint density at radius 1 is 1.25 bits per heavy atom. The van der Waals surface area contributed by atoms with Gasteiger partial charge >= 0.3 is 0 Å². The minimum atomic E-state index is 0.383. The fourth-order valence-corrected chi connectivity index (χ4v) is 1.66. The second-order valence-corrected chi connectivity index (χ2v) is 3.97. The van der Waals surface area contributed by atoms with Crippen LogP contribution in [0.1, 0.15) is 25.5 Å². The minimum absolute atomic E-state index is 0.383. The Kier molecular flexibility index (Phi) is 2.74. The molecule has 1 aromatic carbocycles. The van der Waals surface area contributed by atoms with E-state index in [2.05, 4.69) is 29.5 Å². The summed E-state index contributed by atoms with van der Waals surface area (Å²) < 4.78 is 2.11. The maximum absolute atomic E-state index is 8.73. The van der Waals surface area contributed by atoms with Gasteiger partial charge in [0.1, 0.15) is 0 Å². The van der Waals surface area contributed by atoms with Crippen molar-refractivity contribution in [3.63, 3.8) is 0 Å². The molecule has 0 fully saturated rings. The lowest BCUT2D eigenvalue weighted by atomic mass is 10.1. The molecule has 2 aromatic rings. The number of hydrogen-bond donors (Lipinski definition) is 0. The molecular formula is C13H13N3. The van der Waals surface area contributed by atoms with Gasteiger partial charge in [-0.15, -0.1) is 0 Å². The standard InChI is InChI=1S/C13H13N3/c1-10(2)16-9-15-8-13(16)12-5-3-11(7-14)4-6-12/h3-6,8-10H,1-2H3. The molecule has 3 nitrogen and oxygen atoms in total. The van der Waals surface area contributed by atoms with Gasteiger partial charge in [0.25, 0.3) is 0 Å². The van der Waals surface area contributed by atoms with E-state index in [0.717, 1.165) is 11.3 Å². The van der Waals surface area contributed by atoms with E-state index in [1.807, 2.05) is 36.8 Å². The lowest BCUT2D eigenvalue weighted by Gasteiger charge is -2.11. The van der Waals surface area contributed by atoms with Crippen molar-refractivity contribution in [3.05, 3.63) is 42.4 Å². The molecule has 2 rings (SSSR count). The molecule has 0 saturated carbocycles. The molecule has 0 atom stereocenters. The van der Waals surface area contributed by atoms with Crippen molar-refractivity contribution in [2.24, 2.45) is 0 Å². The summed E-state index contributed by atoms with van der Waals surface area (Å²) in [6.07, 6.45) is 3.68. The van der Waals surface area contributed by atoms with E-state index in [-0.39, 0.29) is 0 Å². The van der Waals surface area contributed by atoms with Crippen LogP contribution in [0.5, 0.6) is 0 Å². The summed E-state index contributed by atoms with van der Waals surface area (Å²) >= 11 is 0. The zero-order chi connectivity index (χ0) is 11.5. The molecule has 3 heteroatoms. The van der Waals surface area contributed by atoms with Gasteiger partial charge in [0.2, 0.25) is 0 Å². The summed E-state index contributed by atoms with van der Waals surface area (Å²) in [5.41, 5.74) is 2.85. The van der Waals surface area contributed by atoms with E-state index in [1.165, 1.54) is 0 Å². The van der Waals surface area contributed by atoms with Crippen LogP contribution in [0.15, 0.2) is 36.8 Å². The van der Waals surface area contributed by atoms with E-state index in [1.54, 1.807) is 0 Å². The molecule has 0 aliphatic rings. The smallest absolute Gasteiger partial charge is 0.0991 e. The lowest BCUT2D eigenvalue weighted by Crippen LogP contribution is -2.00. The summed E-state index contributed by atoms with van der Waals surface area (Å²) in [5.74, 6) is 0. The van der Waals surface area contributed by atoms with Gasteiger partial charge in [-0.05, 0) is 31.5 Å². The molecule has 0 spiro atoms. The van der Waals surface area contributed by atoms with Crippen LogP contribution in [-0.4, -0.2) is 9.55 Å². The molecular weight excluding hydrogens is 198 g/mol. The number of nitrogens with zero attached hydrogens (tertiary/aromatic N) is 3. The topological polar surface area (TPSA) is 41.6 Å². The highest BCUT2D eigenvalue weighted by Crippen LogP contribution is 2.22. The first-order valence-corrected chi connectivity index (χ1v) is 5.24. The number of rotatable bonds is 2. The first kappa shape index (κ1) is 10.4. The van der Waals surface area contributed by atoms with Crippen molar-refractivity contribution < 1.29 is 0 Å². The van der Waals surface area contributed by atoms with E-state index in [9.17, 15) is 0 Å². The molecule has 0 amide bonds. The van der Waals surface area contributed by atoms with Gasteiger partial charge < -0.3 is 4.57 Å². The Morgan fingerprint density at radius 2 is 1.94 bits per heavy atom. The highest BCUT2D eigenvalue weighted by Gasteiger charge is 2.07. The number of hydrogen-bond acceptors (Lipinski definition) is 2. The summed E-state index contributed by atoms with van der Waals surface area (Å²) in [6, 6.07) is 10.1. The number of benzene rings is 1. The van der Waals surface area contributed by atoms with E-state index < -0.39 is 0 Å². The van der Waals surface area contributed by atoms with Crippen molar-refractivity contribution in [2.45, 2.75) is 19.9 Å². The molecule has 1 heterocycles. The molecule has 0 unspecified atom stereocenters. The van der Waals surface area contributed by atoms with Gasteiger partial charge in [-0.2, -0.15) is 5.26 Å². The third-order valence-electron chi connectivity index (χ3n) is 2.53. The molecule has 0 bridgehead atoms. The van der Waals surface area contributed by atoms with Crippen LogP contribution in [0.3, 0.4) is 0 Å². The molecule has 0 aliphatic heterocycles. The number of imidazole rings is 1. The van der Waals surface area contributed by atoms with E-state index in [0.29, 0.717) is 11.6 Å². The summed E-state index contributed by atoms with van der Waals surface area (Å²) in [4.78, 5) is 4.16. The third-order valence-corrected chi connectivity index (χ3v) is 2.53. The van der Waals surface area contributed by atoms with Gasteiger partial charge in [-0.25, -0.2) is 4.98 Å². The Balaban J connectivity index is 2.43. The quantitative estimate of drug-likeness (QED) is 0.766. The zero-order valence-corrected chi connectivity index (χ0v) is 9.38. The van der Waals surface area contributed by atoms with Gasteiger partial charge in [0.05, 0.1) is 29.9 Å². The highest BCUT2D eigenvalue weighted by atomic mass is 15.1. The Labute approximate surface area is 95.0 Å². The van der Waals surface area contributed by atoms with Gasteiger partial charge in [-0.1, -0.05) is 12.1 Å². The van der Waals surface area contributed by atoms with Gasteiger partial charge in [0.15, 0.2) is 0 Å². The van der Waals surface area contributed by atoms with Crippen molar-refractivity contribution in [3.8, 4) is 17.3 Å². The molecule has 1 aromatic heterocycles. The Bertz CT molecular complexity index is 515. The first-order valence-electron chi connectivity index (χ1n) is 5.24. The molecule has 0 saturated heterocycles. The average molecular weight is 211 g/mol. The van der Waals surface area contributed by atoms with E-state index >= 15 is 0 Å². The number of nitriles is 1. The van der Waals surface area contributed by atoms with Crippen LogP contribution < -0.4 is 0 Å². The third kappa shape index (κ3) is 1.82. The minimum Gasteiger partial charge on any atom is -0.328 e. The van der Waals surface area contributed by atoms with Crippen molar-refractivity contribution >= 4 is 0 Å². The predicted octanol–water partition coefficient (Wildman–Crippen LogP) is 3.00. The second kappa shape index (κ2) is 4.19. The fraction of sp³-hybridized carbons (Fsp3) is 0.231. The Morgan fingerprint density at radius 3 is 2.50 bits per heavy atom. The maximum atomic E-state index is 8.73. The highest BCUT2D eigenvalue weighted by molar-refractivity contribution is 5.60. The monoisotopic (exact) mass is 211 g/mol. The fourth-order valence-electron chi connectivity index (χ4n) is 1.66. The van der Waals surface area contributed by atoms with Crippen molar-refractivity contribution in [1.82, 2.24) is 9.55 Å². The SMILES string of the molecule is CC(C)n1cncc1-c1ccc(C#N)cc1. The van der Waals surface area contributed by atoms with Crippen LogP contribution in [0.2, 0.25) is 0 Å². The van der Waals surface area contributed by atoms with Crippen LogP contribution in [0.25, 0.3) is 11.3 Å². The molecule has 0 aliphatic carbocycles.